The van der Waals surface area contributed by atoms with E-state index in [1.807, 2.05) is 12.3 Å². The van der Waals surface area contributed by atoms with Crippen molar-refractivity contribution in [2.75, 3.05) is 0 Å². The third-order valence-corrected chi connectivity index (χ3v) is 7.43. The zero-order valence-electron chi connectivity index (χ0n) is 17.5. The van der Waals surface area contributed by atoms with Crippen molar-refractivity contribution >= 4 is 76.0 Å². The van der Waals surface area contributed by atoms with Crippen molar-refractivity contribution in [3.05, 3.63) is 102 Å². The molecule has 0 bridgehead atoms. The quantitative estimate of drug-likeness (QED) is 0.230. The van der Waals surface area contributed by atoms with Gasteiger partial charge in [0.2, 0.25) is 0 Å². The van der Waals surface area contributed by atoms with Crippen LogP contribution in [0.4, 0.5) is 0 Å². The summed E-state index contributed by atoms with van der Waals surface area (Å²) in [5.41, 5.74) is 7.07. The summed E-state index contributed by atoms with van der Waals surface area (Å²) < 4.78 is 5.80. The molecule has 0 atom stereocenters. The zero-order chi connectivity index (χ0) is 21.7. The molecule has 0 aliphatic rings. The minimum Gasteiger partial charge on any atom is -0.308 e. The van der Waals surface area contributed by atoms with E-state index in [1.165, 1.54) is 43.5 Å². The van der Waals surface area contributed by atoms with Crippen molar-refractivity contribution in [3.63, 3.8) is 0 Å². The first-order valence-corrected chi connectivity index (χ1v) is 11.8. The van der Waals surface area contributed by atoms with Crippen LogP contribution in [0.1, 0.15) is 0 Å². The second-order valence-electron chi connectivity index (χ2n) is 8.63. The standard InChI is InChI=1S/C29H16BrN3/c30-17-11-12-27-22(14-17)21-8-5-13-31-29(21)32(27)18-15-23-19-6-1-3-9-25(19)33-26-10-4-2-7-20(26)24(16-18)28(23)33/h1-16H. The maximum absolute atomic E-state index is 4.81. The first-order chi connectivity index (χ1) is 16.3. The van der Waals surface area contributed by atoms with Crippen LogP contribution in [0.15, 0.2) is 102 Å². The van der Waals surface area contributed by atoms with Crippen LogP contribution in [-0.2, 0) is 0 Å². The number of hydrogen-bond acceptors (Lipinski definition) is 1. The number of rotatable bonds is 1. The van der Waals surface area contributed by atoms with Gasteiger partial charge in [-0.25, -0.2) is 4.98 Å². The molecule has 4 aromatic heterocycles. The molecule has 0 saturated heterocycles. The van der Waals surface area contributed by atoms with Gasteiger partial charge in [-0.15, -0.1) is 0 Å². The SMILES string of the molecule is Brc1ccc2c(c1)c1cccnc1n2-c1cc2c3ccccc3n3c4ccccc4c(c1)c23. The van der Waals surface area contributed by atoms with Crippen LogP contribution in [0, 0.1) is 0 Å². The Morgan fingerprint density at radius 1 is 0.576 bits per heavy atom. The van der Waals surface area contributed by atoms with Gasteiger partial charge >= 0.3 is 0 Å². The van der Waals surface area contributed by atoms with Gasteiger partial charge in [-0.05, 0) is 54.6 Å². The van der Waals surface area contributed by atoms with E-state index < -0.39 is 0 Å². The van der Waals surface area contributed by atoms with Gasteiger partial charge in [0.05, 0.1) is 22.1 Å². The summed E-state index contributed by atoms with van der Waals surface area (Å²) in [6, 6.07) is 32.7. The van der Waals surface area contributed by atoms with Gasteiger partial charge < -0.3 is 4.40 Å². The molecule has 4 heteroatoms. The van der Waals surface area contributed by atoms with Gasteiger partial charge in [0.1, 0.15) is 5.65 Å². The van der Waals surface area contributed by atoms with Crippen LogP contribution in [0.25, 0.3) is 65.7 Å². The van der Waals surface area contributed by atoms with E-state index in [9.17, 15) is 0 Å². The molecule has 0 unspecified atom stereocenters. The summed E-state index contributed by atoms with van der Waals surface area (Å²) in [4.78, 5) is 4.81. The number of fused-ring (bicyclic) bond motifs is 9. The van der Waals surface area contributed by atoms with Gasteiger partial charge in [-0.1, -0.05) is 52.3 Å². The normalized spacial score (nSPS) is 12.4. The van der Waals surface area contributed by atoms with E-state index in [4.69, 9.17) is 4.98 Å². The topological polar surface area (TPSA) is 22.2 Å². The van der Waals surface area contributed by atoms with Crippen LogP contribution in [-0.4, -0.2) is 14.0 Å². The number of benzene rings is 4. The molecule has 0 amide bonds. The smallest absolute Gasteiger partial charge is 0.145 e. The summed E-state index contributed by atoms with van der Waals surface area (Å²) in [7, 11) is 0. The largest absolute Gasteiger partial charge is 0.308 e. The number of halogens is 1. The van der Waals surface area contributed by atoms with Crippen LogP contribution in [0.5, 0.6) is 0 Å². The Bertz CT molecular complexity index is 1960. The minimum atomic E-state index is 0.979. The highest BCUT2D eigenvalue weighted by atomic mass is 79.9. The lowest BCUT2D eigenvalue weighted by molar-refractivity contribution is 1.14. The summed E-state index contributed by atoms with van der Waals surface area (Å²) in [6.45, 7) is 0. The van der Waals surface area contributed by atoms with Gasteiger partial charge in [-0.3, -0.25) is 4.57 Å². The predicted octanol–water partition coefficient (Wildman–Crippen LogP) is 8.09. The molecule has 0 fully saturated rings. The average molecular weight is 486 g/mol. The summed E-state index contributed by atoms with van der Waals surface area (Å²) in [5.74, 6) is 0. The van der Waals surface area contributed by atoms with Crippen molar-refractivity contribution in [1.82, 2.24) is 14.0 Å². The molecule has 4 heterocycles. The average Bonchev–Trinajstić information content (AvgIpc) is 3.48. The molecule has 0 N–H and O–H groups in total. The summed E-state index contributed by atoms with van der Waals surface area (Å²) in [6.07, 6.45) is 1.88. The first kappa shape index (κ1) is 17.6. The third-order valence-electron chi connectivity index (χ3n) is 6.93. The molecule has 154 valence electrons. The van der Waals surface area contributed by atoms with E-state index in [0.717, 1.165) is 26.7 Å². The lowest BCUT2D eigenvalue weighted by Crippen LogP contribution is -1.95. The highest BCUT2D eigenvalue weighted by molar-refractivity contribution is 9.10. The Hall–Kier alpha value is -3.89. The Labute approximate surface area is 197 Å². The molecule has 8 rings (SSSR count). The van der Waals surface area contributed by atoms with Crippen LogP contribution >= 0.6 is 15.9 Å². The van der Waals surface area contributed by atoms with Gasteiger partial charge in [0, 0.05) is 48.7 Å². The lowest BCUT2D eigenvalue weighted by Gasteiger charge is -2.08. The second-order valence-corrected chi connectivity index (χ2v) is 9.55. The van der Waals surface area contributed by atoms with E-state index in [1.54, 1.807) is 0 Å². The molecule has 0 spiro atoms. The molecular formula is C29H16BrN3. The fourth-order valence-electron chi connectivity index (χ4n) is 5.64. The monoisotopic (exact) mass is 485 g/mol. The zero-order valence-corrected chi connectivity index (χ0v) is 19.0. The molecule has 0 aliphatic carbocycles. The molecule has 3 nitrogen and oxygen atoms in total. The molecule has 4 aromatic carbocycles. The van der Waals surface area contributed by atoms with Gasteiger partial charge in [-0.2, -0.15) is 0 Å². The maximum Gasteiger partial charge on any atom is 0.145 e. The Morgan fingerprint density at radius 3 is 1.97 bits per heavy atom. The van der Waals surface area contributed by atoms with Crippen molar-refractivity contribution in [3.8, 4) is 5.69 Å². The number of aromatic nitrogens is 3. The molecule has 0 radical (unpaired) electrons. The number of pyridine rings is 1. The van der Waals surface area contributed by atoms with Crippen molar-refractivity contribution in [1.29, 1.82) is 0 Å². The molecule has 8 aromatic rings. The van der Waals surface area contributed by atoms with E-state index in [-0.39, 0.29) is 0 Å². The Balaban J connectivity index is 1.63. The maximum atomic E-state index is 4.81. The van der Waals surface area contributed by atoms with Crippen LogP contribution < -0.4 is 0 Å². The highest BCUT2D eigenvalue weighted by Gasteiger charge is 2.20. The highest BCUT2D eigenvalue weighted by Crippen LogP contribution is 2.41. The van der Waals surface area contributed by atoms with Crippen LogP contribution in [0.2, 0.25) is 0 Å². The fourth-order valence-corrected chi connectivity index (χ4v) is 6.00. The molecule has 33 heavy (non-hydrogen) atoms. The van der Waals surface area contributed by atoms with E-state index in [2.05, 4.69) is 110 Å². The Morgan fingerprint density at radius 2 is 1.24 bits per heavy atom. The molecular weight excluding hydrogens is 470 g/mol. The minimum absolute atomic E-state index is 0.979. The molecule has 0 saturated carbocycles. The number of hydrogen-bond donors (Lipinski definition) is 0. The predicted molar refractivity (Wildman–Crippen MR) is 141 cm³/mol. The summed E-state index contributed by atoms with van der Waals surface area (Å²) >= 11 is 3.65. The van der Waals surface area contributed by atoms with E-state index in [0.29, 0.717) is 0 Å². The third kappa shape index (κ3) is 2.16. The van der Waals surface area contributed by atoms with Crippen molar-refractivity contribution < 1.29 is 0 Å². The number of nitrogens with zero attached hydrogens (tertiary/aromatic N) is 3. The first-order valence-electron chi connectivity index (χ1n) is 11.0. The van der Waals surface area contributed by atoms with Crippen molar-refractivity contribution in [2.24, 2.45) is 0 Å². The number of para-hydroxylation sites is 2. The van der Waals surface area contributed by atoms with Gasteiger partial charge in [0.25, 0.3) is 0 Å². The Kier molecular flexibility index (Phi) is 3.27. The second kappa shape index (κ2) is 6.12. The van der Waals surface area contributed by atoms with Crippen molar-refractivity contribution in [2.45, 2.75) is 0 Å². The lowest BCUT2D eigenvalue weighted by atomic mass is 10.1. The fraction of sp³-hybridized carbons (Fsp3) is 0. The molecule has 0 aliphatic heterocycles. The van der Waals surface area contributed by atoms with Crippen LogP contribution in [0.3, 0.4) is 0 Å². The summed E-state index contributed by atoms with van der Waals surface area (Å²) in [5, 5.41) is 7.47. The van der Waals surface area contributed by atoms with E-state index >= 15 is 0 Å². The van der Waals surface area contributed by atoms with Gasteiger partial charge in [0.15, 0.2) is 0 Å².